The number of nitrogen functional groups attached to an aromatic ring is 1. The molecule has 0 spiro atoms. The highest BCUT2D eigenvalue weighted by molar-refractivity contribution is 14.1. The summed E-state index contributed by atoms with van der Waals surface area (Å²) >= 11 is 1.67. The normalized spacial score (nSPS) is 9.38. The summed E-state index contributed by atoms with van der Waals surface area (Å²) in [5.41, 5.74) is 5.71. The van der Waals surface area contributed by atoms with Crippen LogP contribution in [0.15, 0.2) is 12.1 Å². The van der Waals surface area contributed by atoms with Crippen LogP contribution < -0.4 is 8.80 Å². The van der Waals surface area contributed by atoms with Gasteiger partial charge in [0.1, 0.15) is 11.4 Å². The lowest BCUT2D eigenvalue weighted by Crippen LogP contribution is -2.07. The monoisotopic (exact) mass is 294 g/mol. The molecule has 1 aromatic heterocycles. The number of anilines is 1. The average molecular weight is 294 g/mol. The van der Waals surface area contributed by atoms with E-state index in [4.69, 9.17) is 8.80 Å². The Balaban J connectivity index is 3.05. The molecule has 0 atom stereocenters. The first kappa shape index (κ1) is 10.0. The molecule has 2 N–H and O–H groups in total. The molecule has 1 heterocycles. The van der Waals surface area contributed by atoms with Gasteiger partial charge < -0.3 is 13.5 Å². The Morgan fingerprint density at radius 1 is 1.62 bits per heavy atom. The molecule has 5 nitrogen and oxygen atoms in total. The summed E-state index contributed by atoms with van der Waals surface area (Å²) in [7, 11) is 1.28. The van der Waals surface area contributed by atoms with Crippen LogP contribution in [0, 0.1) is 0 Å². The largest absolute Gasteiger partial charge is 0.465 e. The number of esters is 1. The minimum Gasteiger partial charge on any atom is -0.465 e. The molecule has 0 unspecified atom stereocenters. The first-order chi connectivity index (χ1) is 6.19. The number of halogens is 1. The summed E-state index contributed by atoms with van der Waals surface area (Å²) in [6.45, 7) is 0. The molecule has 0 fully saturated rings. The zero-order valence-corrected chi connectivity index (χ0v) is 8.94. The molecule has 0 aliphatic rings. The second-order valence-electron chi connectivity index (χ2n) is 2.15. The number of rotatable bonds is 2. The van der Waals surface area contributed by atoms with Gasteiger partial charge in [-0.1, -0.05) is 0 Å². The van der Waals surface area contributed by atoms with E-state index in [0.29, 0.717) is 5.88 Å². The first-order valence-corrected chi connectivity index (χ1v) is 4.20. The Morgan fingerprint density at radius 3 is 2.77 bits per heavy atom. The van der Waals surface area contributed by atoms with Crippen molar-refractivity contribution in [2.45, 2.75) is 0 Å². The van der Waals surface area contributed by atoms with Gasteiger partial charge >= 0.3 is 5.97 Å². The Labute approximate surface area is 88.9 Å². The number of hydrogen-bond donors (Lipinski definition) is 1. The molecular formula is C7H7IN2O3. The lowest BCUT2D eigenvalue weighted by atomic mass is 10.2. The third-order valence-electron chi connectivity index (χ3n) is 1.38. The summed E-state index contributed by atoms with van der Waals surface area (Å²) in [4.78, 5) is 14.9. The Morgan fingerprint density at radius 2 is 2.31 bits per heavy atom. The summed E-state index contributed by atoms with van der Waals surface area (Å²) in [6.07, 6.45) is 0. The Hall–Kier alpha value is -1.05. The number of aromatic nitrogens is 1. The zero-order chi connectivity index (χ0) is 9.84. The molecule has 0 radical (unpaired) electrons. The fraction of sp³-hybridized carbons (Fsp3) is 0.143. The molecule has 13 heavy (non-hydrogen) atoms. The summed E-state index contributed by atoms with van der Waals surface area (Å²) < 4.78 is 9.28. The van der Waals surface area contributed by atoms with Crippen molar-refractivity contribution >= 4 is 34.8 Å². The Kier molecular flexibility index (Phi) is 3.29. The van der Waals surface area contributed by atoms with Crippen LogP contribution >= 0.6 is 23.0 Å². The molecule has 0 amide bonds. The molecule has 0 aliphatic heterocycles. The van der Waals surface area contributed by atoms with Crippen LogP contribution in [0.1, 0.15) is 10.4 Å². The SMILES string of the molecule is COC(=O)c1ccc(OI)nc1N. The fourth-order valence-corrected chi connectivity index (χ4v) is 1.03. The number of ether oxygens (including phenoxy) is 1. The molecular weight excluding hydrogens is 287 g/mol. The van der Waals surface area contributed by atoms with E-state index in [2.05, 4.69) is 9.72 Å². The second kappa shape index (κ2) is 4.26. The average Bonchev–Trinajstić information content (AvgIpc) is 2.16. The van der Waals surface area contributed by atoms with E-state index in [0.717, 1.165) is 0 Å². The molecule has 1 rings (SSSR count). The van der Waals surface area contributed by atoms with E-state index in [1.165, 1.54) is 19.2 Å². The van der Waals surface area contributed by atoms with E-state index in [9.17, 15) is 4.79 Å². The Bertz CT molecular complexity index is 330. The maximum atomic E-state index is 11.0. The zero-order valence-electron chi connectivity index (χ0n) is 6.78. The summed E-state index contributed by atoms with van der Waals surface area (Å²) in [5.74, 6) is -0.0585. The third kappa shape index (κ3) is 2.20. The van der Waals surface area contributed by atoms with E-state index >= 15 is 0 Å². The summed E-state index contributed by atoms with van der Waals surface area (Å²) in [6, 6.07) is 3.04. The number of carbonyl (C=O) groups excluding carboxylic acids is 1. The van der Waals surface area contributed by atoms with Gasteiger partial charge in [0, 0.05) is 6.07 Å². The van der Waals surface area contributed by atoms with Crippen molar-refractivity contribution in [1.29, 1.82) is 0 Å². The molecule has 0 aliphatic carbocycles. The first-order valence-electron chi connectivity index (χ1n) is 3.32. The van der Waals surface area contributed by atoms with Crippen molar-refractivity contribution in [3.63, 3.8) is 0 Å². The number of methoxy groups -OCH3 is 1. The van der Waals surface area contributed by atoms with Crippen LogP contribution in [0.25, 0.3) is 0 Å². The van der Waals surface area contributed by atoms with E-state index < -0.39 is 5.97 Å². The molecule has 70 valence electrons. The van der Waals surface area contributed by atoms with Gasteiger partial charge in [0.25, 0.3) is 0 Å². The molecule has 0 bridgehead atoms. The highest BCUT2D eigenvalue weighted by Crippen LogP contribution is 2.16. The van der Waals surface area contributed by atoms with Crippen LogP contribution in [0.2, 0.25) is 0 Å². The molecule has 0 aromatic carbocycles. The maximum Gasteiger partial charge on any atom is 0.341 e. The lowest BCUT2D eigenvalue weighted by molar-refractivity contribution is 0.0601. The minimum atomic E-state index is -0.509. The topological polar surface area (TPSA) is 74.4 Å². The van der Waals surface area contributed by atoms with Crippen LogP contribution in [-0.4, -0.2) is 18.1 Å². The quantitative estimate of drug-likeness (QED) is 0.655. The molecule has 0 saturated heterocycles. The van der Waals surface area contributed by atoms with Gasteiger partial charge in [0.15, 0.2) is 23.0 Å². The van der Waals surface area contributed by atoms with Crippen LogP contribution in [0.5, 0.6) is 5.88 Å². The van der Waals surface area contributed by atoms with Crippen molar-refractivity contribution in [1.82, 2.24) is 4.98 Å². The maximum absolute atomic E-state index is 11.0. The lowest BCUT2D eigenvalue weighted by Gasteiger charge is -2.03. The van der Waals surface area contributed by atoms with Gasteiger partial charge in [-0.05, 0) is 6.07 Å². The van der Waals surface area contributed by atoms with E-state index in [1.807, 2.05) is 0 Å². The predicted molar refractivity (Wildman–Crippen MR) is 54.6 cm³/mol. The van der Waals surface area contributed by atoms with Gasteiger partial charge in [-0.15, -0.1) is 0 Å². The van der Waals surface area contributed by atoms with Gasteiger partial charge in [0.05, 0.1) is 7.11 Å². The molecule has 6 heteroatoms. The van der Waals surface area contributed by atoms with Gasteiger partial charge in [-0.2, -0.15) is 4.98 Å². The smallest absolute Gasteiger partial charge is 0.341 e. The number of pyridine rings is 1. The van der Waals surface area contributed by atoms with Gasteiger partial charge in [0.2, 0.25) is 5.88 Å². The van der Waals surface area contributed by atoms with Gasteiger partial charge in [-0.25, -0.2) is 4.79 Å². The van der Waals surface area contributed by atoms with Crippen LogP contribution in [0.4, 0.5) is 5.82 Å². The van der Waals surface area contributed by atoms with Crippen molar-refractivity contribution in [2.24, 2.45) is 0 Å². The predicted octanol–water partition coefficient (Wildman–Crippen LogP) is 1.18. The van der Waals surface area contributed by atoms with Crippen LogP contribution in [-0.2, 0) is 4.74 Å². The van der Waals surface area contributed by atoms with E-state index in [1.54, 1.807) is 23.0 Å². The number of nitrogens with zero attached hydrogens (tertiary/aromatic N) is 1. The minimum absolute atomic E-state index is 0.0982. The second-order valence-corrected chi connectivity index (χ2v) is 2.59. The highest BCUT2D eigenvalue weighted by atomic mass is 127. The third-order valence-corrected chi connectivity index (χ3v) is 1.83. The highest BCUT2D eigenvalue weighted by Gasteiger charge is 2.11. The van der Waals surface area contributed by atoms with E-state index in [-0.39, 0.29) is 11.4 Å². The van der Waals surface area contributed by atoms with Crippen molar-refractivity contribution < 1.29 is 12.6 Å². The van der Waals surface area contributed by atoms with Gasteiger partial charge in [-0.3, -0.25) is 0 Å². The number of carbonyl (C=O) groups is 1. The molecule has 1 aromatic rings. The number of hydrogen-bond acceptors (Lipinski definition) is 5. The molecule has 0 saturated carbocycles. The fourth-order valence-electron chi connectivity index (χ4n) is 0.782. The standard InChI is InChI=1S/C7H7IN2O3/c1-12-7(11)4-2-3-5(13-8)10-6(4)9/h2-3H,1H3,(H2,9,10). The van der Waals surface area contributed by atoms with Crippen molar-refractivity contribution in [2.75, 3.05) is 12.8 Å². The van der Waals surface area contributed by atoms with Crippen molar-refractivity contribution in [3.05, 3.63) is 17.7 Å². The summed E-state index contributed by atoms with van der Waals surface area (Å²) in [5, 5.41) is 0. The van der Waals surface area contributed by atoms with Crippen molar-refractivity contribution in [3.8, 4) is 5.88 Å². The number of nitrogens with two attached hydrogens (primary N) is 1. The van der Waals surface area contributed by atoms with Crippen LogP contribution in [0.3, 0.4) is 0 Å².